The van der Waals surface area contributed by atoms with Crippen molar-refractivity contribution in [3.63, 3.8) is 0 Å². The molecular weight excluding hydrogens is 1770 g/mol. The van der Waals surface area contributed by atoms with Crippen LogP contribution in [0.2, 0.25) is 0 Å². The number of carbonyl (C=O) groups is 12. The molecule has 26 nitrogen and oxygen atoms in total. The normalized spacial score (nSPS) is 13.5. The molecule has 0 amide bonds. The molecule has 9 aromatic carbocycles. The van der Waals surface area contributed by atoms with Gasteiger partial charge in [-0.25, -0.2) is 35.1 Å². The number of nitrogens with two attached hydrogens (primary N) is 6. The number of phenolic OH excluding ortho intramolecular Hbond substituents is 2. The number of aliphatic carboxylic acids is 6. The van der Waals surface area contributed by atoms with E-state index in [4.69, 9.17) is 39.5 Å². The van der Waals surface area contributed by atoms with Gasteiger partial charge in [-0.2, -0.15) is 0 Å². The number of aromatic hydroxyl groups is 2. The van der Waals surface area contributed by atoms with Crippen LogP contribution in [-0.2, 0) is 109 Å². The third-order valence-corrected chi connectivity index (χ3v) is 21.3. The molecule has 0 aliphatic heterocycles. The van der Waals surface area contributed by atoms with Crippen LogP contribution in [0.4, 0.5) is 35.1 Å². The lowest BCUT2D eigenvalue weighted by Gasteiger charge is -2.17. The van der Waals surface area contributed by atoms with Crippen molar-refractivity contribution in [2.24, 2.45) is 81.7 Å². The van der Waals surface area contributed by atoms with Gasteiger partial charge < -0.3 is 75.3 Å². The van der Waals surface area contributed by atoms with E-state index in [0.717, 1.165) is 35.4 Å². The van der Waals surface area contributed by atoms with E-state index in [9.17, 15) is 128 Å². The van der Waals surface area contributed by atoms with Gasteiger partial charge >= 0.3 is 35.8 Å². The number of ketones is 6. The van der Waals surface area contributed by atoms with Crippen LogP contribution in [0, 0.1) is 93.9 Å². The molecule has 0 saturated carbocycles. The standard InChI is InChI=1S/C19H19F2NO4.C19H20FNO4.C18H18FNO3.C16H21F2NO3.C16H22FNO3.C13H16FNO3/c20-15-6-3-12(8-16(15)21)7-13(19(25)26)10-18(24)17(22)9-11-1-4-14(23)5-2-11;20-16-4-2-1-3-13(16)10-14(19(24)25)11-18(23)17(21)9-12-5-7-15(22)8-6-12;19-15-9-5-4-8-13(15)10-14(18(22)23)11-16(21)17(20)12-6-2-1-3-7-12;1-9(2)5-14(19)15(20)8-11(16(21)22)6-10-3-4-12(17)13(18)7-10;1-10(2)7-14(18)15(19)9-12(16(20)21)8-11-5-3-4-6-13(11)17;1-8(15)12(16)7-10(13(17)18)6-9-4-2-3-5-11(9)14/h1-6,8,13,17,23H,7,9-10,22H2,(H,25,26);1-8,14,17,22H,9-11,21H2,(H,24,25);1-9,14,17H,10-11,20H2,(H,22,23);3-4,7,9,11,14H,5-6,8,19H2,1-2H3,(H,21,22);3-6,10,12,14H,7-9,18H2,1-2H3,(H,20,21);2-5,8,10H,6-7,15H2,1H3,(H,17,18)/t13?,17-;2*14?,17-;11?,14-;12?,14-;/m00000./s1. The molecule has 0 aliphatic rings. The number of rotatable bonds is 45. The summed E-state index contributed by atoms with van der Waals surface area (Å²) in [5.74, 6) is -20.4. The highest BCUT2D eigenvalue weighted by Gasteiger charge is 2.33. The van der Waals surface area contributed by atoms with Crippen LogP contribution in [0.5, 0.6) is 11.5 Å². The summed E-state index contributed by atoms with van der Waals surface area (Å²) in [4.78, 5) is 140. The zero-order chi connectivity index (χ0) is 101. The molecule has 34 heteroatoms. The molecule has 9 aromatic rings. The zero-order valence-electron chi connectivity index (χ0n) is 75.1. The summed E-state index contributed by atoms with van der Waals surface area (Å²) in [5.41, 5.74) is 38.4. The Morgan fingerprint density at radius 2 is 0.489 bits per heavy atom. The molecule has 0 aliphatic carbocycles. The third-order valence-electron chi connectivity index (χ3n) is 21.3. The van der Waals surface area contributed by atoms with Gasteiger partial charge in [0.15, 0.2) is 40.6 Å². The molecule has 0 aromatic heterocycles. The number of Topliss-reactive ketones (excluding diaryl/α,β-unsaturated/α-hetero) is 6. The summed E-state index contributed by atoms with van der Waals surface area (Å²) >= 11 is 0. The minimum atomic E-state index is -1.21. The monoisotopic (exact) mass is 1880 g/mol. The largest absolute Gasteiger partial charge is 0.508 e. The smallest absolute Gasteiger partial charge is 0.307 e. The summed E-state index contributed by atoms with van der Waals surface area (Å²) in [5, 5.41) is 73.9. The minimum Gasteiger partial charge on any atom is -0.508 e. The maximum Gasteiger partial charge on any atom is 0.307 e. The van der Waals surface area contributed by atoms with Crippen molar-refractivity contribution in [2.75, 3.05) is 0 Å². The summed E-state index contributed by atoms with van der Waals surface area (Å²) in [6.45, 7) is 9.24. The number of hydrogen-bond donors (Lipinski definition) is 14. The van der Waals surface area contributed by atoms with Gasteiger partial charge in [0.1, 0.15) is 52.1 Å². The Bertz CT molecular complexity index is 5400. The van der Waals surface area contributed by atoms with Gasteiger partial charge in [0.05, 0.1) is 71.8 Å². The Morgan fingerprint density at radius 1 is 0.252 bits per heavy atom. The first kappa shape index (κ1) is 114. The number of carboxylic acid groups (broad SMARTS) is 6. The van der Waals surface area contributed by atoms with Crippen molar-refractivity contribution in [3.05, 3.63) is 309 Å². The Morgan fingerprint density at radius 3 is 0.741 bits per heavy atom. The van der Waals surface area contributed by atoms with Gasteiger partial charge in [-0.15, -0.1) is 0 Å². The van der Waals surface area contributed by atoms with Crippen molar-refractivity contribution in [3.8, 4) is 11.5 Å². The van der Waals surface area contributed by atoms with Crippen molar-refractivity contribution < 1.29 is 134 Å². The summed E-state index contributed by atoms with van der Waals surface area (Å²) in [7, 11) is 0. The molecule has 135 heavy (non-hydrogen) atoms. The number of carbonyl (C=O) groups excluding carboxylic acids is 6. The lowest BCUT2D eigenvalue weighted by molar-refractivity contribution is -0.144. The number of phenols is 2. The molecule has 20 N–H and O–H groups in total. The maximum absolute atomic E-state index is 13.7. The second kappa shape index (κ2) is 57.9. The fourth-order valence-electron chi connectivity index (χ4n) is 13.6. The average molecular weight is 1890 g/mol. The number of halogens is 8. The van der Waals surface area contributed by atoms with Gasteiger partial charge in [-0.05, 0) is 206 Å². The van der Waals surface area contributed by atoms with Crippen molar-refractivity contribution in [1.29, 1.82) is 0 Å². The van der Waals surface area contributed by atoms with E-state index in [-0.39, 0.29) is 153 Å². The van der Waals surface area contributed by atoms with E-state index in [1.807, 2.05) is 27.7 Å². The number of carboxylic acids is 6. The van der Waals surface area contributed by atoms with Crippen LogP contribution < -0.4 is 34.4 Å². The van der Waals surface area contributed by atoms with Crippen LogP contribution in [-0.4, -0.2) is 142 Å². The molecule has 9 rings (SSSR count). The predicted octanol–water partition coefficient (Wildman–Crippen LogP) is 13.8. The topological polar surface area (TPSA) is 523 Å². The van der Waals surface area contributed by atoms with Crippen LogP contribution in [0.15, 0.2) is 212 Å². The van der Waals surface area contributed by atoms with Gasteiger partial charge in [0.2, 0.25) is 0 Å². The Balaban J connectivity index is 0.000000340. The lowest BCUT2D eigenvalue weighted by atomic mass is 9.90. The highest BCUT2D eigenvalue weighted by molar-refractivity contribution is 5.91. The average Bonchev–Trinajstić information content (AvgIpc) is 0.870. The third kappa shape index (κ3) is 42.2. The summed E-state index contributed by atoms with van der Waals surface area (Å²) < 4.78 is 107. The molecule has 12 atom stereocenters. The molecule has 0 radical (unpaired) electrons. The summed E-state index contributed by atoms with van der Waals surface area (Å²) in [6.07, 6.45) is -0.227. The van der Waals surface area contributed by atoms with Crippen molar-refractivity contribution in [1.82, 2.24) is 0 Å². The first-order valence-electron chi connectivity index (χ1n) is 43.0. The molecule has 0 saturated heterocycles. The SMILES string of the molecule is CC(C)C[C@H](N)C(=O)CC(Cc1ccc(F)c(F)c1)C(=O)O.CC(C)C[C@H](N)C(=O)CC(Cc1ccccc1F)C(=O)O.CC(N)C(=O)CC(Cc1ccccc1F)C(=O)O.N[C@@H](Cc1ccc(O)cc1)C(=O)CC(Cc1ccc(F)c(F)c1)C(=O)O.N[C@@H](Cc1ccc(O)cc1)C(=O)CC(Cc1ccccc1F)C(=O)O.N[C@H](C(=O)CC(Cc1ccccc1F)C(=O)O)c1ccccc1. The fraction of sp³-hybridized carbons (Fsp3) is 0.347. The minimum absolute atomic E-state index is 0.0118. The second-order valence-electron chi connectivity index (χ2n) is 33.4. The van der Waals surface area contributed by atoms with Crippen molar-refractivity contribution >= 4 is 70.5 Å². The van der Waals surface area contributed by atoms with Crippen LogP contribution in [0.3, 0.4) is 0 Å². The second-order valence-corrected chi connectivity index (χ2v) is 33.4. The molecule has 726 valence electrons. The van der Waals surface area contributed by atoms with Crippen molar-refractivity contribution in [2.45, 2.75) is 174 Å². The quantitative estimate of drug-likeness (QED) is 0.0158. The summed E-state index contributed by atoms with van der Waals surface area (Å²) in [6, 6.07) is 46.7. The fourth-order valence-corrected chi connectivity index (χ4v) is 13.6. The Kier molecular flexibility index (Phi) is 48.9. The molecule has 0 spiro atoms. The van der Waals surface area contributed by atoms with Gasteiger partial charge in [-0.3, -0.25) is 57.5 Å². The van der Waals surface area contributed by atoms with Gasteiger partial charge in [0, 0.05) is 38.5 Å². The number of hydrogen-bond acceptors (Lipinski definition) is 20. The first-order valence-corrected chi connectivity index (χ1v) is 43.0. The van der Waals surface area contributed by atoms with E-state index in [1.165, 1.54) is 116 Å². The lowest BCUT2D eigenvalue weighted by Crippen LogP contribution is -2.35. The van der Waals surface area contributed by atoms with E-state index < -0.39 is 166 Å². The Labute approximate surface area is 776 Å². The molecule has 0 fully saturated rings. The zero-order valence-corrected chi connectivity index (χ0v) is 75.1. The number of benzene rings is 9. The maximum atomic E-state index is 13.7. The van der Waals surface area contributed by atoms with Crippen LogP contribution >= 0.6 is 0 Å². The van der Waals surface area contributed by atoms with E-state index >= 15 is 0 Å². The predicted molar refractivity (Wildman–Crippen MR) is 486 cm³/mol. The molecule has 0 heterocycles. The molecular formula is C101H116F8N6O20. The van der Waals surface area contributed by atoms with E-state index in [0.29, 0.717) is 35.1 Å². The van der Waals surface area contributed by atoms with E-state index in [2.05, 4.69) is 0 Å². The molecule has 7 unspecified atom stereocenters. The van der Waals surface area contributed by atoms with Gasteiger partial charge in [0.25, 0.3) is 0 Å². The van der Waals surface area contributed by atoms with Crippen LogP contribution in [0.1, 0.15) is 142 Å². The highest BCUT2D eigenvalue weighted by atomic mass is 19.2. The first-order chi connectivity index (χ1) is 63.5. The Hall–Kier alpha value is -13.4. The van der Waals surface area contributed by atoms with E-state index in [1.54, 1.807) is 78.9 Å². The highest BCUT2D eigenvalue weighted by Crippen LogP contribution is 2.27. The van der Waals surface area contributed by atoms with Crippen LogP contribution in [0.25, 0.3) is 0 Å². The molecule has 0 bridgehead atoms. The van der Waals surface area contributed by atoms with Gasteiger partial charge in [-0.1, -0.05) is 167 Å².